The maximum absolute atomic E-state index is 13.1. The fraction of sp³-hybridized carbons (Fsp3) is 0.278. The normalized spacial score (nSPS) is 31.1. The van der Waals surface area contributed by atoms with Crippen molar-refractivity contribution < 1.29 is 19.4 Å². The molecule has 0 aromatic heterocycles. The van der Waals surface area contributed by atoms with Crippen molar-refractivity contribution in [2.24, 2.45) is 0 Å². The summed E-state index contributed by atoms with van der Waals surface area (Å²) in [7, 11) is 3.54. The number of para-hydroxylation sites is 2. The summed E-state index contributed by atoms with van der Waals surface area (Å²) < 4.78 is -3.35. The van der Waals surface area contributed by atoms with E-state index in [0.717, 1.165) is 11.1 Å². The smallest absolute Gasteiger partial charge is 0.313 e. The summed E-state index contributed by atoms with van der Waals surface area (Å²) in [6, 6.07) is 33.0. The second-order valence-electron chi connectivity index (χ2n) is 13.0. The molecule has 4 aliphatic heterocycles. The molecule has 0 radical (unpaired) electrons. The number of alkyl halides is 2. The van der Waals surface area contributed by atoms with Crippen molar-refractivity contribution in [3.63, 3.8) is 0 Å². The van der Waals surface area contributed by atoms with Crippen LogP contribution < -0.4 is 10.6 Å². The molecular formula is C36H32Br2N6O6. The molecule has 6 atom stereocenters. The van der Waals surface area contributed by atoms with Crippen LogP contribution in [-0.4, -0.2) is 67.5 Å². The maximum atomic E-state index is 13.1. The van der Waals surface area contributed by atoms with Gasteiger partial charge in [-0.15, -0.1) is 0 Å². The van der Waals surface area contributed by atoms with E-state index in [9.17, 15) is 29.8 Å². The van der Waals surface area contributed by atoms with Crippen LogP contribution in [0.4, 0.5) is 11.4 Å². The van der Waals surface area contributed by atoms with Gasteiger partial charge >= 0.3 is 8.90 Å². The number of halogens is 2. The zero-order valence-corrected chi connectivity index (χ0v) is 30.1. The highest BCUT2D eigenvalue weighted by molar-refractivity contribution is 9.10. The van der Waals surface area contributed by atoms with Gasteiger partial charge in [-0.25, -0.2) is 0 Å². The molecule has 4 heterocycles. The zero-order chi connectivity index (χ0) is 35.6. The van der Waals surface area contributed by atoms with E-state index in [1.165, 1.54) is 0 Å². The van der Waals surface area contributed by atoms with Gasteiger partial charge < -0.3 is 10.6 Å². The zero-order valence-electron chi connectivity index (χ0n) is 27.0. The van der Waals surface area contributed by atoms with Crippen LogP contribution in [0.5, 0.6) is 0 Å². The largest absolute Gasteiger partial charge is 0.324 e. The topological polar surface area (TPSA) is 151 Å². The molecular weight excluding hydrogens is 772 g/mol. The molecule has 2 fully saturated rings. The van der Waals surface area contributed by atoms with E-state index in [1.54, 1.807) is 60.3 Å². The fourth-order valence-electron chi connectivity index (χ4n) is 8.58. The Morgan fingerprint density at radius 2 is 0.920 bits per heavy atom. The Bertz CT molecular complexity index is 1890. The van der Waals surface area contributed by atoms with Crippen LogP contribution in [0.3, 0.4) is 0 Å². The highest BCUT2D eigenvalue weighted by Gasteiger charge is 2.79. The van der Waals surface area contributed by atoms with Crippen molar-refractivity contribution in [1.82, 2.24) is 9.80 Å². The van der Waals surface area contributed by atoms with Gasteiger partial charge in [-0.3, -0.25) is 39.6 Å². The van der Waals surface area contributed by atoms with Crippen molar-refractivity contribution in [1.29, 1.82) is 0 Å². The third-order valence-corrected chi connectivity index (χ3v) is 13.6. The van der Waals surface area contributed by atoms with Crippen molar-refractivity contribution in [3.05, 3.63) is 152 Å². The Kier molecular flexibility index (Phi) is 8.21. The van der Waals surface area contributed by atoms with Gasteiger partial charge in [0.15, 0.2) is 0 Å². The number of nitrogens with one attached hydrogen (secondary N) is 2. The van der Waals surface area contributed by atoms with Gasteiger partial charge in [0, 0.05) is 77.3 Å². The minimum absolute atomic E-state index is 0.351. The average Bonchev–Trinajstić information content (AvgIpc) is 3.76. The van der Waals surface area contributed by atoms with E-state index in [1.807, 2.05) is 72.8 Å². The van der Waals surface area contributed by atoms with Crippen LogP contribution in [0.25, 0.3) is 0 Å². The first-order valence-electron chi connectivity index (χ1n) is 15.9. The third kappa shape index (κ3) is 4.28. The van der Waals surface area contributed by atoms with Gasteiger partial charge in [-0.05, 0) is 37.4 Å². The monoisotopic (exact) mass is 802 g/mol. The van der Waals surface area contributed by atoms with Gasteiger partial charge in [0.1, 0.15) is 0 Å². The lowest BCUT2D eigenvalue weighted by molar-refractivity contribution is -0.547. The number of nitro groups is 2. The maximum Gasteiger partial charge on any atom is 0.313 e. The van der Waals surface area contributed by atoms with Crippen LogP contribution in [0.15, 0.2) is 109 Å². The summed E-state index contributed by atoms with van der Waals surface area (Å²) in [4.78, 5) is 53.7. The molecule has 4 aromatic carbocycles. The highest BCUT2D eigenvalue weighted by Crippen LogP contribution is 2.62. The first-order valence-corrected chi connectivity index (χ1v) is 17.5. The Morgan fingerprint density at radius 3 is 1.26 bits per heavy atom. The first kappa shape index (κ1) is 34.0. The lowest BCUT2D eigenvalue weighted by Gasteiger charge is -2.36. The molecule has 14 heteroatoms. The van der Waals surface area contributed by atoms with Crippen molar-refractivity contribution >= 4 is 55.0 Å². The highest BCUT2D eigenvalue weighted by atomic mass is 79.9. The Labute approximate surface area is 304 Å². The van der Waals surface area contributed by atoms with Gasteiger partial charge in [0.2, 0.25) is 11.1 Å². The van der Waals surface area contributed by atoms with Gasteiger partial charge in [-0.2, -0.15) is 0 Å². The van der Waals surface area contributed by atoms with E-state index in [0.29, 0.717) is 35.6 Å². The third-order valence-electron chi connectivity index (χ3n) is 10.7. The van der Waals surface area contributed by atoms with Crippen LogP contribution in [0.1, 0.15) is 34.1 Å². The standard InChI is InChI=1S/2C18H16BrN3O3/c2*1-21-11-14(12-7-3-2-4-8-12)18(19,22(24)25)17(21)13-9-5-6-10-15(13)20-16(17)23/h2*2-10,14H,11H2,1H3,(H,20,23)/t2*14-,17+,18-/m00/s1. The molecule has 2 spiro atoms. The first-order chi connectivity index (χ1) is 23.9. The van der Waals surface area contributed by atoms with E-state index in [2.05, 4.69) is 42.5 Å². The number of amides is 2. The van der Waals surface area contributed by atoms with E-state index < -0.39 is 31.8 Å². The van der Waals surface area contributed by atoms with Gasteiger partial charge in [-0.1, -0.05) is 97.1 Å². The lowest BCUT2D eigenvalue weighted by atomic mass is 9.79. The predicted octanol–water partition coefficient (Wildman–Crippen LogP) is 5.86. The molecule has 256 valence electrons. The molecule has 0 unspecified atom stereocenters. The number of nitrogens with zero attached hydrogens (tertiary/aromatic N) is 4. The summed E-state index contributed by atoms with van der Waals surface area (Å²) >= 11 is 6.89. The van der Waals surface area contributed by atoms with Crippen LogP contribution in [-0.2, 0) is 20.7 Å². The Morgan fingerprint density at radius 1 is 0.600 bits per heavy atom. The Balaban J connectivity index is 0.000000157. The molecule has 0 bridgehead atoms. The number of carbonyl (C=O) groups excluding carboxylic acids is 2. The molecule has 2 saturated heterocycles. The predicted molar refractivity (Wildman–Crippen MR) is 194 cm³/mol. The summed E-state index contributed by atoms with van der Waals surface area (Å²) in [5.74, 6) is -1.71. The number of likely N-dealkylation sites (tertiary alicyclic amines) is 2. The molecule has 2 amide bonds. The molecule has 0 saturated carbocycles. The number of hydrogen-bond donors (Lipinski definition) is 2. The van der Waals surface area contributed by atoms with Crippen molar-refractivity contribution in [2.75, 3.05) is 37.8 Å². The number of fused-ring (bicyclic) bond motifs is 4. The van der Waals surface area contributed by atoms with Crippen molar-refractivity contribution in [3.8, 4) is 0 Å². The number of likely N-dealkylation sites (N-methyl/N-ethyl adjacent to an activating group) is 2. The number of hydrogen-bond acceptors (Lipinski definition) is 8. The minimum atomic E-state index is -1.67. The molecule has 0 aliphatic carbocycles. The van der Waals surface area contributed by atoms with Crippen molar-refractivity contribution in [2.45, 2.75) is 31.8 Å². The lowest BCUT2D eigenvalue weighted by Crippen LogP contribution is -2.60. The molecule has 50 heavy (non-hydrogen) atoms. The van der Waals surface area contributed by atoms with Crippen LogP contribution >= 0.6 is 31.9 Å². The average molecular weight is 804 g/mol. The number of carbonyl (C=O) groups is 2. The van der Waals surface area contributed by atoms with Crippen LogP contribution in [0, 0.1) is 20.2 Å². The summed E-state index contributed by atoms with van der Waals surface area (Å²) in [5.41, 5.74) is 1.36. The number of benzene rings is 4. The molecule has 4 aromatic rings. The van der Waals surface area contributed by atoms with E-state index >= 15 is 0 Å². The van der Waals surface area contributed by atoms with Gasteiger partial charge in [0.25, 0.3) is 11.8 Å². The molecule has 2 N–H and O–H groups in total. The number of anilines is 2. The number of rotatable bonds is 4. The second-order valence-corrected chi connectivity index (χ2v) is 15.4. The summed E-state index contributed by atoms with van der Waals surface area (Å²) in [6.07, 6.45) is 0. The van der Waals surface area contributed by atoms with E-state index in [-0.39, 0.29) is 21.7 Å². The SMILES string of the molecule is CN1C[C@@H](c2ccccc2)[C@](Br)([N+](=O)[O-])[C@@]12C(=O)Nc1ccccc12.CN1C[C@@H](c2ccccc2)[C@](Br)([N+](=O)[O-])[C@@]12C(=O)Nc1ccccc12. The molecule has 4 aliphatic rings. The minimum Gasteiger partial charge on any atom is -0.324 e. The molecule has 8 rings (SSSR count). The summed E-state index contributed by atoms with van der Waals surface area (Å²) in [6.45, 7) is 0.774. The second kappa shape index (κ2) is 12.1. The Hall–Kier alpha value is -4.50. The van der Waals surface area contributed by atoms with Crippen LogP contribution in [0.2, 0.25) is 0 Å². The quantitative estimate of drug-likeness (QED) is 0.113. The fourth-order valence-corrected chi connectivity index (χ4v) is 10.8. The molecule has 12 nitrogen and oxygen atoms in total. The van der Waals surface area contributed by atoms with E-state index in [4.69, 9.17) is 0 Å². The van der Waals surface area contributed by atoms with Gasteiger partial charge in [0.05, 0.1) is 11.8 Å². The summed E-state index contributed by atoms with van der Waals surface area (Å²) in [5, 5.41) is 30.3.